The zero-order chi connectivity index (χ0) is 14.5. The fourth-order valence-corrected chi connectivity index (χ4v) is 1.51. The van der Waals surface area contributed by atoms with Crippen LogP contribution in [0.5, 0.6) is 5.75 Å². The second-order valence-electron chi connectivity index (χ2n) is 4.46. The molecule has 0 aliphatic rings. The predicted molar refractivity (Wildman–Crippen MR) is 69.1 cm³/mol. The molecule has 1 N–H and O–H groups in total. The number of hydrogen-bond donors (Lipinski definition) is 1. The fourth-order valence-electron chi connectivity index (χ4n) is 1.51. The Hall–Kier alpha value is -1.49. The van der Waals surface area contributed by atoms with Crippen LogP contribution in [0.4, 0.5) is 13.2 Å². The van der Waals surface area contributed by atoms with Gasteiger partial charge in [0, 0.05) is 12.6 Å². The highest BCUT2D eigenvalue weighted by Crippen LogP contribution is 2.36. The van der Waals surface area contributed by atoms with Crippen LogP contribution in [0.2, 0.25) is 0 Å². The molecule has 0 aromatic heterocycles. The number of nitrogens with one attached hydrogen (secondary N) is 1. The molecule has 19 heavy (non-hydrogen) atoms. The lowest BCUT2D eigenvalue weighted by Crippen LogP contribution is -2.22. The van der Waals surface area contributed by atoms with Crippen LogP contribution in [0.25, 0.3) is 0 Å². The van der Waals surface area contributed by atoms with Gasteiger partial charge in [-0.15, -0.1) is 0 Å². The van der Waals surface area contributed by atoms with E-state index in [4.69, 9.17) is 4.74 Å². The van der Waals surface area contributed by atoms with E-state index in [0.29, 0.717) is 12.1 Å². The molecule has 0 aliphatic carbocycles. The molecule has 0 amide bonds. The minimum atomic E-state index is -4.43. The first kappa shape index (κ1) is 15.6. The Kier molecular flexibility index (Phi) is 5.42. The summed E-state index contributed by atoms with van der Waals surface area (Å²) < 4.78 is 43.8. The standard InChI is InChI=1S/C14H18F3NO/c1-4-7-19-13-6-5-11(9-18-10(2)3)8-12(13)14(15,16)17/h4-6,8,10,18H,1,7,9H2,2-3H3. The first-order valence-electron chi connectivity index (χ1n) is 6.01. The molecule has 0 fully saturated rings. The second-order valence-corrected chi connectivity index (χ2v) is 4.46. The number of benzene rings is 1. The van der Waals surface area contributed by atoms with Gasteiger partial charge >= 0.3 is 6.18 Å². The molecule has 0 spiro atoms. The Morgan fingerprint density at radius 3 is 2.58 bits per heavy atom. The van der Waals surface area contributed by atoms with Gasteiger partial charge in [0.25, 0.3) is 0 Å². The number of rotatable bonds is 6. The van der Waals surface area contributed by atoms with Gasteiger partial charge in [0.05, 0.1) is 5.56 Å². The number of halogens is 3. The molecule has 0 saturated carbocycles. The van der Waals surface area contributed by atoms with E-state index in [1.54, 1.807) is 6.07 Å². The summed E-state index contributed by atoms with van der Waals surface area (Å²) in [5.74, 6) is -0.166. The highest BCUT2D eigenvalue weighted by molar-refractivity contribution is 5.39. The summed E-state index contributed by atoms with van der Waals surface area (Å²) in [7, 11) is 0. The van der Waals surface area contributed by atoms with Crippen molar-refractivity contribution in [1.29, 1.82) is 0 Å². The van der Waals surface area contributed by atoms with Crippen LogP contribution in [0.15, 0.2) is 30.9 Å². The third kappa shape index (κ3) is 4.95. The summed E-state index contributed by atoms with van der Waals surface area (Å²) in [6.45, 7) is 7.73. The highest BCUT2D eigenvalue weighted by atomic mass is 19.4. The Bertz CT molecular complexity index is 427. The molecular weight excluding hydrogens is 255 g/mol. The zero-order valence-electron chi connectivity index (χ0n) is 11.1. The maximum Gasteiger partial charge on any atom is 0.419 e. The average Bonchev–Trinajstić information content (AvgIpc) is 2.33. The lowest BCUT2D eigenvalue weighted by molar-refractivity contribution is -0.138. The Labute approximate surface area is 111 Å². The maximum absolute atomic E-state index is 12.9. The zero-order valence-corrected chi connectivity index (χ0v) is 11.1. The Morgan fingerprint density at radius 2 is 2.05 bits per heavy atom. The van der Waals surface area contributed by atoms with E-state index in [9.17, 15) is 13.2 Å². The van der Waals surface area contributed by atoms with Gasteiger partial charge in [0.1, 0.15) is 12.4 Å². The summed E-state index contributed by atoms with van der Waals surface area (Å²) in [6.07, 6.45) is -3.02. The molecule has 0 heterocycles. The normalized spacial score (nSPS) is 11.7. The van der Waals surface area contributed by atoms with Gasteiger partial charge < -0.3 is 10.1 Å². The monoisotopic (exact) mass is 273 g/mol. The van der Waals surface area contributed by atoms with Crippen LogP contribution >= 0.6 is 0 Å². The first-order chi connectivity index (χ1) is 8.84. The van der Waals surface area contributed by atoms with Crippen LogP contribution < -0.4 is 10.1 Å². The fraction of sp³-hybridized carbons (Fsp3) is 0.429. The van der Waals surface area contributed by atoms with Gasteiger partial charge in [-0.2, -0.15) is 13.2 Å². The smallest absolute Gasteiger partial charge is 0.419 e. The minimum absolute atomic E-state index is 0.0483. The summed E-state index contributed by atoms with van der Waals surface area (Å²) in [5.41, 5.74) is -0.176. The predicted octanol–water partition coefficient (Wildman–Crippen LogP) is 3.77. The van der Waals surface area contributed by atoms with Gasteiger partial charge in [-0.05, 0) is 17.7 Å². The summed E-state index contributed by atoms with van der Waals surface area (Å²) >= 11 is 0. The molecule has 5 heteroatoms. The molecule has 1 aromatic carbocycles. The maximum atomic E-state index is 12.9. The van der Waals surface area contributed by atoms with Crippen LogP contribution in [-0.2, 0) is 12.7 Å². The van der Waals surface area contributed by atoms with Crippen LogP contribution in [0, 0.1) is 0 Å². The molecular formula is C14H18F3NO. The quantitative estimate of drug-likeness (QED) is 0.797. The van der Waals surface area contributed by atoms with Gasteiger partial charge in [-0.3, -0.25) is 0 Å². The first-order valence-corrected chi connectivity index (χ1v) is 6.01. The van der Waals surface area contributed by atoms with E-state index in [1.807, 2.05) is 13.8 Å². The van der Waals surface area contributed by atoms with Crippen molar-refractivity contribution < 1.29 is 17.9 Å². The number of alkyl halides is 3. The molecule has 0 aliphatic heterocycles. The van der Waals surface area contributed by atoms with Gasteiger partial charge in [-0.1, -0.05) is 32.6 Å². The third-order valence-corrected chi connectivity index (χ3v) is 2.42. The van der Waals surface area contributed by atoms with E-state index in [2.05, 4.69) is 11.9 Å². The molecule has 1 rings (SSSR count). The van der Waals surface area contributed by atoms with Crippen molar-refractivity contribution in [1.82, 2.24) is 5.32 Å². The SMILES string of the molecule is C=CCOc1ccc(CNC(C)C)cc1C(F)(F)F. The van der Waals surface area contributed by atoms with Crippen molar-refractivity contribution in [3.8, 4) is 5.75 Å². The van der Waals surface area contributed by atoms with E-state index >= 15 is 0 Å². The van der Waals surface area contributed by atoms with Gasteiger partial charge in [0.15, 0.2) is 0 Å². The van der Waals surface area contributed by atoms with Crippen molar-refractivity contribution >= 4 is 0 Å². The van der Waals surface area contributed by atoms with E-state index < -0.39 is 11.7 Å². The molecule has 1 aromatic rings. The summed E-state index contributed by atoms with van der Waals surface area (Å²) in [4.78, 5) is 0. The number of ether oxygens (including phenoxy) is 1. The van der Waals surface area contributed by atoms with Crippen molar-refractivity contribution in [2.24, 2.45) is 0 Å². The van der Waals surface area contributed by atoms with Crippen molar-refractivity contribution in [3.63, 3.8) is 0 Å². The Morgan fingerprint density at radius 1 is 1.37 bits per heavy atom. The van der Waals surface area contributed by atoms with E-state index in [0.717, 1.165) is 6.07 Å². The molecule has 0 unspecified atom stereocenters. The van der Waals surface area contributed by atoms with Gasteiger partial charge in [-0.25, -0.2) is 0 Å². The lowest BCUT2D eigenvalue weighted by atomic mass is 10.1. The largest absolute Gasteiger partial charge is 0.489 e. The summed E-state index contributed by atoms with van der Waals surface area (Å²) in [6, 6.07) is 4.31. The molecule has 0 bridgehead atoms. The minimum Gasteiger partial charge on any atom is -0.489 e. The van der Waals surface area contributed by atoms with Crippen LogP contribution in [0.3, 0.4) is 0 Å². The third-order valence-electron chi connectivity index (χ3n) is 2.42. The highest BCUT2D eigenvalue weighted by Gasteiger charge is 2.34. The van der Waals surface area contributed by atoms with Crippen molar-refractivity contribution in [2.75, 3.05) is 6.61 Å². The second kappa shape index (κ2) is 6.61. The lowest BCUT2D eigenvalue weighted by Gasteiger charge is -2.15. The van der Waals surface area contributed by atoms with Crippen molar-refractivity contribution in [2.45, 2.75) is 32.6 Å². The van der Waals surface area contributed by atoms with E-state index in [1.165, 1.54) is 12.1 Å². The molecule has 106 valence electrons. The molecule has 0 saturated heterocycles. The van der Waals surface area contributed by atoms with Gasteiger partial charge in [0.2, 0.25) is 0 Å². The van der Waals surface area contributed by atoms with Crippen LogP contribution in [0.1, 0.15) is 25.0 Å². The van der Waals surface area contributed by atoms with Crippen LogP contribution in [-0.4, -0.2) is 12.6 Å². The summed E-state index contributed by atoms with van der Waals surface area (Å²) in [5, 5.41) is 3.08. The molecule has 0 radical (unpaired) electrons. The molecule has 2 nitrogen and oxygen atoms in total. The Balaban J connectivity index is 2.98. The van der Waals surface area contributed by atoms with E-state index in [-0.39, 0.29) is 18.4 Å². The topological polar surface area (TPSA) is 21.3 Å². The van der Waals surface area contributed by atoms with Crippen molar-refractivity contribution in [3.05, 3.63) is 42.0 Å². The number of hydrogen-bond acceptors (Lipinski definition) is 2. The average molecular weight is 273 g/mol. The molecule has 0 atom stereocenters.